The fourth-order valence-electron chi connectivity index (χ4n) is 2.32. The van der Waals surface area contributed by atoms with E-state index >= 15 is 0 Å². The second-order valence-corrected chi connectivity index (χ2v) is 6.79. The molecule has 2 aromatic rings. The van der Waals surface area contributed by atoms with E-state index in [4.69, 9.17) is 4.74 Å². The number of hydrogen-bond donors (Lipinski definition) is 0. The first-order chi connectivity index (χ1) is 11.2. The van der Waals surface area contributed by atoms with E-state index < -0.39 is 0 Å². The topological polar surface area (TPSA) is 56.5 Å². The van der Waals surface area contributed by atoms with Gasteiger partial charge in [-0.25, -0.2) is 9.50 Å². The van der Waals surface area contributed by atoms with Gasteiger partial charge in [0.15, 0.2) is 5.65 Å². The number of esters is 1. The number of rotatable bonds is 10. The van der Waals surface area contributed by atoms with Crippen molar-refractivity contribution >= 4 is 23.4 Å². The lowest BCUT2D eigenvalue weighted by atomic mass is 10.0. The average Bonchev–Trinajstić information content (AvgIpc) is 3.03. The Bertz CT molecular complexity index is 615. The Morgan fingerprint density at radius 3 is 3.09 bits per heavy atom. The molecule has 0 saturated carbocycles. The van der Waals surface area contributed by atoms with E-state index in [1.807, 2.05) is 18.3 Å². The summed E-state index contributed by atoms with van der Waals surface area (Å²) in [6, 6.07) is 3.95. The van der Waals surface area contributed by atoms with Crippen LogP contribution in [0.3, 0.4) is 0 Å². The molecule has 0 spiro atoms. The van der Waals surface area contributed by atoms with E-state index in [2.05, 4.69) is 23.9 Å². The zero-order valence-corrected chi connectivity index (χ0v) is 14.7. The Hall–Kier alpha value is -1.56. The van der Waals surface area contributed by atoms with Gasteiger partial charge in [-0.05, 0) is 24.5 Å². The second kappa shape index (κ2) is 9.55. The van der Waals surface area contributed by atoms with Gasteiger partial charge in [-0.1, -0.05) is 33.1 Å². The molecule has 6 heteroatoms. The van der Waals surface area contributed by atoms with E-state index in [0.717, 1.165) is 29.1 Å². The van der Waals surface area contributed by atoms with Crippen molar-refractivity contribution in [2.75, 3.05) is 12.4 Å². The maximum atomic E-state index is 11.8. The summed E-state index contributed by atoms with van der Waals surface area (Å²) in [5.74, 6) is 1.12. The summed E-state index contributed by atoms with van der Waals surface area (Å²) in [4.78, 5) is 17.1. The van der Waals surface area contributed by atoms with E-state index in [9.17, 15) is 4.79 Å². The number of hydrogen-bond acceptors (Lipinski definition) is 5. The molecule has 0 fully saturated rings. The predicted octanol–water partition coefficient (Wildman–Crippen LogP) is 3.97. The first kappa shape index (κ1) is 17.8. The molecule has 0 N–H and O–H groups in total. The quantitative estimate of drug-likeness (QED) is 0.486. The minimum atomic E-state index is -0.101. The number of ether oxygens (including phenoxy) is 1. The van der Waals surface area contributed by atoms with Gasteiger partial charge in [0.05, 0.1) is 13.0 Å². The summed E-state index contributed by atoms with van der Waals surface area (Å²) in [7, 11) is 0. The van der Waals surface area contributed by atoms with Crippen molar-refractivity contribution in [2.45, 2.75) is 50.8 Å². The van der Waals surface area contributed by atoms with Gasteiger partial charge in [0.1, 0.15) is 6.33 Å². The van der Waals surface area contributed by atoms with Crippen molar-refractivity contribution in [3.8, 4) is 0 Å². The minimum absolute atomic E-state index is 0.101. The van der Waals surface area contributed by atoms with Gasteiger partial charge in [-0.3, -0.25) is 4.79 Å². The molecule has 5 nitrogen and oxygen atoms in total. The molecule has 0 bridgehead atoms. The van der Waals surface area contributed by atoms with Gasteiger partial charge >= 0.3 is 5.97 Å². The van der Waals surface area contributed by atoms with Gasteiger partial charge in [0.2, 0.25) is 0 Å². The molecule has 23 heavy (non-hydrogen) atoms. The highest BCUT2D eigenvalue weighted by atomic mass is 32.2. The Labute approximate surface area is 141 Å². The summed E-state index contributed by atoms with van der Waals surface area (Å²) in [5, 5.41) is 4.06. The highest BCUT2D eigenvalue weighted by molar-refractivity contribution is 7.99. The lowest BCUT2D eigenvalue weighted by molar-refractivity contribution is -0.144. The predicted molar refractivity (Wildman–Crippen MR) is 92.6 cm³/mol. The normalized spacial score (nSPS) is 12.4. The van der Waals surface area contributed by atoms with Crippen molar-refractivity contribution in [1.82, 2.24) is 14.6 Å². The number of unbranched alkanes of at least 4 members (excludes halogenated alkanes) is 1. The van der Waals surface area contributed by atoms with Crippen LogP contribution in [-0.2, 0) is 9.53 Å². The number of pyridine rings is 1. The molecule has 1 unspecified atom stereocenters. The molecule has 2 aromatic heterocycles. The standard InChI is InChI=1S/C17H25N3O2S/c1-3-5-6-14(4-2)12-22-17(21)8-10-23-15-7-9-20-16(11-15)18-13-19-20/h7,9,11,13-14H,3-6,8,10,12H2,1-2H3. The van der Waals surface area contributed by atoms with Crippen LogP contribution in [0, 0.1) is 5.92 Å². The van der Waals surface area contributed by atoms with Gasteiger partial charge in [-0.2, -0.15) is 5.10 Å². The maximum Gasteiger partial charge on any atom is 0.306 e. The molecule has 0 saturated heterocycles. The van der Waals surface area contributed by atoms with Crippen LogP contribution < -0.4 is 0 Å². The molecule has 0 aliphatic carbocycles. The van der Waals surface area contributed by atoms with Crippen molar-refractivity contribution in [3.63, 3.8) is 0 Å². The molecular formula is C17H25N3O2S. The zero-order valence-electron chi connectivity index (χ0n) is 13.9. The summed E-state index contributed by atoms with van der Waals surface area (Å²) in [5.41, 5.74) is 0.819. The zero-order chi connectivity index (χ0) is 16.5. The van der Waals surface area contributed by atoms with Crippen molar-refractivity contribution in [3.05, 3.63) is 24.7 Å². The summed E-state index contributed by atoms with van der Waals surface area (Å²) in [6.45, 7) is 4.91. The second-order valence-electron chi connectivity index (χ2n) is 5.62. The smallest absolute Gasteiger partial charge is 0.306 e. The van der Waals surface area contributed by atoms with Gasteiger partial charge < -0.3 is 4.74 Å². The largest absolute Gasteiger partial charge is 0.465 e. The average molecular weight is 335 g/mol. The number of fused-ring (bicyclic) bond motifs is 1. The molecular weight excluding hydrogens is 310 g/mol. The third-order valence-electron chi connectivity index (χ3n) is 3.85. The molecule has 0 aromatic carbocycles. The number of carbonyl (C=O) groups excluding carboxylic acids is 1. The molecule has 1 atom stereocenters. The van der Waals surface area contributed by atoms with E-state index in [-0.39, 0.29) is 5.97 Å². The Morgan fingerprint density at radius 2 is 2.30 bits per heavy atom. The van der Waals surface area contributed by atoms with Crippen molar-refractivity contribution in [2.24, 2.45) is 5.92 Å². The van der Waals surface area contributed by atoms with Crippen LogP contribution in [0.4, 0.5) is 0 Å². The molecule has 0 aliphatic rings. The number of carbonyl (C=O) groups is 1. The van der Waals surface area contributed by atoms with E-state index in [1.165, 1.54) is 19.2 Å². The molecule has 0 radical (unpaired) electrons. The van der Waals surface area contributed by atoms with E-state index in [1.54, 1.807) is 16.3 Å². The van der Waals surface area contributed by atoms with Crippen molar-refractivity contribution < 1.29 is 9.53 Å². The maximum absolute atomic E-state index is 11.8. The van der Waals surface area contributed by atoms with Crippen LogP contribution in [0.1, 0.15) is 46.0 Å². The highest BCUT2D eigenvalue weighted by Gasteiger charge is 2.10. The molecule has 2 heterocycles. The third-order valence-corrected chi connectivity index (χ3v) is 4.85. The van der Waals surface area contributed by atoms with Gasteiger partial charge in [0.25, 0.3) is 0 Å². The fourth-order valence-corrected chi connectivity index (χ4v) is 3.17. The van der Waals surface area contributed by atoms with Crippen LogP contribution in [0.25, 0.3) is 5.65 Å². The number of thioether (sulfide) groups is 1. The van der Waals surface area contributed by atoms with Crippen LogP contribution in [-0.4, -0.2) is 32.9 Å². The molecule has 126 valence electrons. The summed E-state index contributed by atoms with van der Waals surface area (Å²) >= 11 is 1.64. The Morgan fingerprint density at radius 1 is 1.43 bits per heavy atom. The van der Waals surface area contributed by atoms with Crippen LogP contribution in [0.5, 0.6) is 0 Å². The van der Waals surface area contributed by atoms with E-state index in [0.29, 0.717) is 18.9 Å². The highest BCUT2D eigenvalue weighted by Crippen LogP contribution is 2.20. The summed E-state index contributed by atoms with van der Waals surface area (Å²) in [6.07, 6.45) is 8.46. The minimum Gasteiger partial charge on any atom is -0.465 e. The number of nitrogens with zero attached hydrogens (tertiary/aromatic N) is 3. The Kier molecular flexibility index (Phi) is 7.39. The van der Waals surface area contributed by atoms with Crippen LogP contribution in [0.2, 0.25) is 0 Å². The molecule has 0 aliphatic heterocycles. The first-order valence-electron chi connectivity index (χ1n) is 8.30. The van der Waals surface area contributed by atoms with Gasteiger partial charge in [0, 0.05) is 16.8 Å². The number of aromatic nitrogens is 3. The fraction of sp³-hybridized carbons (Fsp3) is 0.588. The molecule has 2 rings (SSSR count). The SMILES string of the molecule is CCCCC(CC)COC(=O)CCSc1ccn2ncnc2c1. The lowest BCUT2D eigenvalue weighted by Crippen LogP contribution is -2.14. The third kappa shape index (κ3) is 5.86. The van der Waals surface area contributed by atoms with Crippen LogP contribution in [0.15, 0.2) is 29.6 Å². The van der Waals surface area contributed by atoms with Crippen molar-refractivity contribution in [1.29, 1.82) is 0 Å². The molecule has 0 amide bonds. The summed E-state index contributed by atoms with van der Waals surface area (Å²) < 4.78 is 7.13. The Balaban J connectivity index is 1.67. The monoisotopic (exact) mass is 335 g/mol. The van der Waals surface area contributed by atoms with Gasteiger partial charge in [-0.15, -0.1) is 11.8 Å². The first-order valence-corrected chi connectivity index (χ1v) is 9.29. The lowest BCUT2D eigenvalue weighted by Gasteiger charge is -2.14. The van der Waals surface area contributed by atoms with Crippen LogP contribution >= 0.6 is 11.8 Å².